The molecule has 88 valence electrons. The van der Waals surface area contributed by atoms with Crippen LogP contribution in [0.3, 0.4) is 0 Å². The molecule has 6 heteroatoms. The van der Waals surface area contributed by atoms with E-state index >= 15 is 0 Å². The zero-order valence-electron chi connectivity index (χ0n) is 9.10. The molecular weight excluding hydrogens is 200 g/mol. The lowest BCUT2D eigenvalue weighted by Crippen LogP contribution is -2.49. The summed E-state index contributed by atoms with van der Waals surface area (Å²) in [5, 5.41) is 8.69. The summed E-state index contributed by atoms with van der Waals surface area (Å²) < 4.78 is 4.62. The van der Waals surface area contributed by atoms with Gasteiger partial charge in [0.05, 0.1) is 13.2 Å². The first-order chi connectivity index (χ1) is 7.08. The first-order valence-corrected chi connectivity index (χ1v) is 4.90. The molecule has 6 nitrogen and oxygen atoms in total. The van der Waals surface area contributed by atoms with Crippen molar-refractivity contribution in [3.05, 3.63) is 0 Å². The summed E-state index contributed by atoms with van der Waals surface area (Å²) >= 11 is 0. The monoisotopic (exact) mass is 218 g/mol. The number of nitrogens with zero attached hydrogens (tertiary/aromatic N) is 1. The van der Waals surface area contributed by atoms with E-state index < -0.39 is 17.9 Å². The van der Waals surface area contributed by atoms with E-state index in [1.807, 2.05) is 0 Å². The fourth-order valence-corrected chi connectivity index (χ4v) is 1.07. The highest BCUT2D eigenvalue weighted by Crippen LogP contribution is 1.95. The minimum absolute atomic E-state index is 0.158. The van der Waals surface area contributed by atoms with Gasteiger partial charge >= 0.3 is 5.97 Å². The number of nitrogens with two attached hydrogens (primary N) is 1. The van der Waals surface area contributed by atoms with Gasteiger partial charge in [0.15, 0.2) is 6.04 Å². The predicted octanol–water partition coefficient (Wildman–Crippen LogP) is -1.28. The van der Waals surface area contributed by atoms with Gasteiger partial charge in [-0.1, -0.05) is 0 Å². The molecule has 0 aliphatic heterocycles. The Bertz CT molecular complexity index is 220. The number of hydrogen-bond donors (Lipinski definition) is 2. The lowest BCUT2D eigenvalue weighted by atomic mass is 10.2. The molecule has 0 fully saturated rings. The fraction of sp³-hybridized carbons (Fsp3) is 0.778. The maximum absolute atomic E-state index is 11.6. The van der Waals surface area contributed by atoms with E-state index in [2.05, 4.69) is 4.74 Å². The van der Waals surface area contributed by atoms with Crippen LogP contribution < -0.4 is 5.73 Å². The highest BCUT2D eigenvalue weighted by atomic mass is 16.5. The lowest BCUT2D eigenvalue weighted by Gasteiger charge is -2.22. The molecule has 3 N–H and O–H groups in total. The molecule has 0 rings (SSSR count). The standard InChI is InChI=1S/C9H18N2O4/c1-3-11(5-6-12)8(13)7(10)9(14)15-4-2/h7,12H,3-6,10H2,1-2H3. The summed E-state index contributed by atoms with van der Waals surface area (Å²) in [5.41, 5.74) is 5.41. The van der Waals surface area contributed by atoms with Gasteiger partial charge in [0, 0.05) is 13.1 Å². The molecule has 0 bridgehead atoms. The van der Waals surface area contributed by atoms with Crippen LogP contribution in [-0.4, -0.2) is 54.2 Å². The van der Waals surface area contributed by atoms with Crippen LogP contribution in [0.15, 0.2) is 0 Å². The van der Waals surface area contributed by atoms with Crippen LogP contribution in [0.25, 0.3) is 0 Å². The molecule has 0 spiro atoms. The Hall–Kier alpha value is -1.14. The van der Waals surface area contributed by atoms with E-state index in [1.54, 1.807) is 13.8 Å². The lowest BCUT2D eigenvalue weighted by molar-refractivity contribution is -0.151. The molecular formula is C9H18N2O4. The quantitative estimate of drug-likeness (QED) is 0.428. The summed E-state index contributed by atoms with van der Waals surface area (Å²) in [4.78, 5) is 24.0. The second kappa shape index (κ2) is 7.19. The van der Waals surface area contributed by atoms with Gasteiger partial charge in [-0.3, -0.25) is 4.79 Å². The van der Waals surface area contributed by atoms with E-state index in [1.165, 1.54) is 4.90 Å². The van der Waals surface area contributed by atoms with E-state index in [9.17, 15) is 9.59 Å². The van der Waals surface area contributed by atoms with Crippen LogP contribution in [0.4, 0.5) is 0 Å². The summed E-state index contributed by atoms with van der Waals surface area (Å²) in [6.45, 7) is 3.97. The summed E-state index contributed by atoms with van der Waals surface area (Å²) in [6.07, 6.45) is 0. The first-order valence-electron chi connectivity index (χ1n) is 4.90. The molecule has 0 aliphatic carbocycles. The predicted molar refractivity (Wildman–Crippen MR) is 53.9 cm³/mol. The number of amides is 1. The van der Waals surface area contributed by atoms with Crippen LogP contribution in [0.2, 0.25) is 0 Å². The summed E-state index contributed by atoms with van der Waals surface area (Å²) in [7, 11) is 0. The number of aliphatic hydroxyl groups excluding tert-OH is 1. The van der Waals surface area contributed by atoms with E-state index in [-0.39, 0.29) is 19.8 Å². The normalized spacial score (nSPS) is 12.0. The van der Waals surface area contributed by atoms with Crippen molar-refractivity contribution in [3.8, 4) is 0 Å². The van der Waals surface area contributed by atoms with Gasteiger partial charge in [-0.2, -0.15) is 0 Å². The molecule has 0 radical (unpaired) electrons. The number of likely N-dealkylation sites (N-methyl/N-ethyl adjacent to an activating group) is 1. The first kappa shape index (κ1) is 13.9. The molecule has 0 aliphatic rings. The zero-order valence-corrected chi connectivity index (χ0v) is 9.10. The van der Waals surface area contributed by atoms with Gasteiger partial charge in [0.1, 0.15) is 0 Å². The average Bonchev–Trinajstić information content (AvgIpc) is 2.24. The van der Waals surface area contributed by atoms with Crippen LogP contribution >= 0.6 is 0 Å². The van der Waals surface area contributed by atoms with Gasteiger partial charge in [-0.05, 0) is 13.8 Å². The number of carbonyl (C=O) groups is 2. The number of esters is 1. The highest BCUT2D eigenvalue weighted by molar-refractivity contribution is 6.01. The Kier molecular flexibility index (Phi) is 6.64. The fourth-order valence-electron chi connectivity index (χ4n) is 1.07. The highest BCUT2D eigenvalue weighted by Gasteiger charge is 2.27. The molecule has 0 aromatic heterocycles. The van der Waals surface area contributed by atoms with Crippen molar-refractivity contribution in [1.82, 2.24) is 4.90 Å². The SMILES string of the molecule is CCOC(=O)C(N)C(=O)N(CC)CCO. The van der Waals surface area contributed by atoms with E-state index in [0.29, 0.717) is 6.54 Å². The molecule has 1 atom stereocenters. The van der Waals surface area contributed by atoms with Gasteiger partial charge in [-0.15, -0.1) is 0 Å². The van der Waals surface area contributed by atoms with Crippen molar-refractivity contribution in [2.75, 3.05) is 26.3 Å². The van der Waals surface area contributed by atoms with Crippen LogP contribution in [-0.2, 0) is 14.3 Å². The van der Waals surface area contributed by atoms with Gasteiger partial charge in [-0.25, -0.2) is 4.79 Å². The van der Waals surface area contributed by atoms with E-state index in [0.717, 1.165) is 0 Å². The van der Waals surface area contributed by atoms with Gasteiger partial charge < -0.3 is 20.5 Å². The Morgan fingerprint density at radius 3 is 2.47 bits per heavy atom. The van der Waals surface area contributed by atoms with Crippen molar-refractivity contribution in [3.63, 3.8) is 0 Å². The van der Waals surface area contributed by atoms with Crippen molar-refractivity contribution in [1.29, 1.82) is 0 Å². The van der Waals surface area contributed by atoms with Gasteiger partial charge in [0.25, 0.3) is 5.91 Å². The Morgan fingerprint density at radius 2 is 2.07 bits per heavy atom. The minimum atomic E-state index is -1.29. The molecule has 0 aromatic rings. The van der Waals surface area contributed by atoms with Crippen molar-refractivity contribution in [2.45, 2.75) is 19.9 Å². The smallest absolute Gasteiger partial charge is 0.332 e. The maximum Gasteiger partial charge on any atom is 0.332 e. The third-order valence-electron chi connectivity index (χ3n) is 1.87. The number of rotatable bonds is 6. The van der Waals surface area contributed by atoms with Crippen molar-refractivity contribution in [2.24, 2.45) is 5.73 Å². The van der Waals surface area contributed by atoms with E-state index in [4.69, 9.17) is 10.8 Å². The number of aliphatic hydroxyl groups is 1. The second-order valence-electron chi connectivity index (χ2n) is 2.87. The molecule has 0 saturated heterocycles. The largest absolute Gasteiger partial charge is 0.464 e. The van der Waals surface area contributed by atoms with Crippen LogP contribution in [0.1, 0.15) is 13.8 Å². The number of hydrogen-bond acceptors (Lipinski definition) is 5. The second-order valence-corrected chi connectivity index (χ2v) is 2.87. The summed E-state index contributed by atoms with van der Waals surface area (Å²) in [5.74, 6) is -1.26. The molecule has 1 unspecified atom stereocenters. The Labute approximate surface area is 89.0 Å². The Morgan fingerprint density at radius 1 is 1.47 bits per heavy atom. The van der Waals surface area contributed by atoms with Crippen LogP contribution in [0.5, 0.6) is 0 Å². The average molecular weight is 218 g/mol. The van der Waals surface area contributed by atoms with Gasteiger partial charge in [0.2, 0.25) is 0 Å². The molecule has 15 heavy (non-hydrogen) atoms. The third kappa shape index (κ3) is 4.26. The zero-order chi connectivity index (χ0) is 11.8. The maximum atomic E-state index is 11.6. The molecule has 0 aromatic carbocycles. The van der Waals surface area contributed by atoms with Crippen molar-refractivity contribution >= 4 is 11.9 Å². The number of ether oxygens (including phenoxy) is 1. The Balaban J connectivity index is 4.33. The summed E-state index contributed by atoms with van der Waals surface area (Å²) in [6, 6.07) is -1.29. The van der Waals surface area contributed by atoms with Crippen molar-refractivity contribution < 1.29 is 19.4 Å². The minimum Gasteiger partial charge on any atom is -0.464 e. The number of carbonyl (C=O) groups excluding carboxylic acids is 2. The molecule has 0 heterocycles. The topological polar surface area (TPSA) is 92.9 Å². The van der Waals surface area contributed by atoms with Crippen LogP contribution in [0, 0.1) is 0 Å². The third-order valence-corrected chi connectivity index (χ3v) is 1.87. The molecule has 0 saturated carbocycles. The molecule has 1 amide bonds.